The summed E-state index contributed by atoms with van der Waals surface area (Å²) < 4.78 is 10.3. The van der Waals surface area contributed by atoms with Crippen LogP contribution in [0.15, 0.2) is 42.5 Å². The Labute approximate surface area is 169 Å². The molecule has 2 aromatic carbocycles. The van der Waals surface area contributed by atoms with Gasteiger partial charge in [0.05, 0.1) is 18.1 Å². The zero-order chi connectivity index (χ0) is 20.6. The number of carbonyl (C=O) groups excluding carboxylic acids is 1. The van der Waals surface area contributed by atoms with Crippen LogP contribution in [0.25, 0.3) is 0 Å². The summed E-state index contributed by atoms with van der Waals surface area (Å²) in [4.78, 5) is 25.1. The second-order valence-electron chi connectivity index (χ2n) is 6.88. The summed E-state index contributed by atoms with van der Waals surface area (Å²) in [6.07, 6.45) is 4.95. The van der Waals surface area contributed by atoms with Crippen molar-refractivity contribution in [2.75, 3.05) is 37.0 Å². The standard InChI is InChI=1S/C21H25N3O5/c1-28-18-10-11-20(19(14-18)24(26)27)29-15-21(25)22-16-6-8-17(9-7-16)23-12-4-2-3-5-13-23/h6-11,14H,2-5,12-13,15H2,1H3,(H,22,25). The fourth-order valence-corrected chi connectivity index (χ4v) is 3.31. The molecule has 1 heterocycles. The third-order valence-electron chi connectivity index (χ3n) is 4.84. The summed E-state index contributed by atoms with van der Waals surface area (Å²) in [5.74, 6) is -0.0295. The van der Waals surface area contributed by atoms with E-state index in [2.05, 4.69) is 10.2 Å². The lowest BCUT2D eigenvalue weighted by molar-refractivity contribution is -0.385. The third-order valence-corrected chi connectivity index (χ3v) is 4.84. The van der Waals surface area contributed by atoms with Gasteiger partial charge in [0.1, 0.15) is 5.75 Å². The molecule has 0 saturated carbocycles. The molecule has 1 fully saturated rings. The van der Waals surface area contributed by atoms with E-state index in [9.17, 15) is 14.9 Å². The number of nitro benzene ring substituents is 1. The molecule has 0 aliphatic carbocycles. The van der Waals surface area contributed by atoms with Crippen LogP contribution in [0.5, 0.6) is 11.5 Å². The molecule has 1 N–H and O–H groups in total. The molecule has 0 spiro atoms. The first-order valence-electron chi connectivity index (χ1n) is 9.67. The van der Waals surface area contributed by atoms with E-state index in [0.29, 0.717) is 11.4 Å². The number of benzene rings is 2. The van der Waals surface area contributed by atoms with Crippen molar-refractivity contribution in [3.63, 3.8) is 0 Å². The second-order valence-corrected chi connectivity index (χ2v) is 6.88. The molecule has 154 valence electrons. The number of anilines is 2. The minimum Gasteiger partial charge on any atom is -0.496 e. The Morgan fingerprint density at radius 3 is 2.41 bits per heavy atom. The maximum absolute atomic E-state index is 12.2. The first-order chi connectivity index (χ1) is 14.1. The lowest BCUT2D eigenvalue weighted by Gasteiger charge is -2.22. The molecule has 1 amide bonds. The van der Waals surface area contributed by atoms with Crippen molar-refractivity contribution >= 4 is 23.0 Å². The smallest absolute Gasteiger partial charge is 0.314 e. The van der Waals surface area contributed by atoms with Gasteiger partial charge in [0.15, 0.2) is 12.4 Å². The van der Waals surface area contributed by atoms with E-state index in [1.807, 2.05) is 24.3 Å². The van der Waals surface area contributed by atoms with Gasteiger partial charge in [-0.25, -0.2) is 0 Å². The van der Waals surface area contributed by atoms with Crippen molar-refractivity contribution in [1.29, 1.82) is 0 Å². The van der Waals surface area contributed by atoms with Gasteiger partial charge in [0.2, 0.25) is 0 Å². The lowest BCUT2D eigenvalue weighted by atomic mass is 10.2. The molecule has 1 aliphatic rings. The van der Waals surface area contributed by atoms with E-state index in [1.165, 1.54) is 44.9 Å². The number of rotatable bonds is 7. The van der Waals surface area contributed by atoms with Gasteiger partial charge in [0.25, 0.3) is 5.91 Å². The number of nitro groups is 1. The van der Waals surface area contributed by atoms with Gasteiger partial charge < -0.3 is 19.7 Å². The fourth-order valence-electron chi connectivity index (χ4n) is 3.31. The van der Waals surface area contributed by atoms with Gasteiger partial charge in [-0.2, -0.15) is 0 Å². The van der Waals surface area contributed by atoms with E-state index in [0.717, 1.165) is 18.8 Å². The number of nitrogens with zero attached hydrogens (tertiary/aromatic N) is 2. The minimum atomic E-state index is -0.572. The number of ether oxygens (including phenoxy) is 2. The van der Waals surface area contributed by atoms with E-state index in [4.69, 9.17) is 9.47 Å². The SMILES string of the molecule is COc1ccc(OCC(=O)Nc2ccc(N3CCCCCC3)cc2)c([N+](=O)[O-])c1. The number of nitrogens with one attached hydrogen (secondary N) is 1. The number of hydrogen-bond donors (Lipinski definition) is 1. The number of methoxy groups -OCH3 is 1. The van der Waals surface area contributed by atoms with E-state index < -0.39 is 10.8 Å². The summed E-state index contributed by atoms with van der Waals surface area (Å²) in [5, 5.41) is 13.9. The Hall–Kier alpha value is -3.29. The zero-order valence-electron chi connectivity index (χ0n) is 16.4. The molecule has 8 nitrogen and oxygen atoms in total. The second kappa shape index (κ2) is 9.77. The Balaban J connectivity index is 1.56. The number of carbonyl (C=O) groups is 1. The molecule has 0 unspecified atom stereocenters. The summed E-state index contributed by atoms with van der Waals surface area (Å²) in [6, 6.07) is 11.9. The Morgan fingerprint density at radius 2 is 1.79 bits per heavy atom. The molecule has 29 heavy (non-hydrogen) atoms. The minimum absolute atomic E-state index is 0.0162. The van der Waals surface area contributed by atoms with Crippen LogP contribution >= 0.6 is 0 Å². The van der Waals surface area contributed by atoms with Gasteiger partial charge in [-0.3, -0.25) is 14.9 Å². The van der Waals surface area contributed by atoms with Crippen molar-refractivity contribution in [2.45, 2.75) is 25.7 Å². The first-order valence-corrected chi connectivity index (χ1v) is 9.67. The molecule has 0 radical (unpaired) electrons. The highest BCUT2D eigenvalue weighted by Crippen LogP contribution is 2.31. The topological polar surface area (TPSA) is 93.9 Å². The molecular weight excluding hydrogens is 374 g/mol. The average molecular weight is 399 g/mol. The van der Waals surface area contributed by atoms with Crippen LogP contribution in [0.3, 0.4) is 0 Å². The lowest BCUT2D eigenvalue weighted by Crippen LogP contribution is -2.24. The monoisotopic (exact) mass is 399 g/mol. The van der Waals surface area contributed by atoms with Crippen molar-refractivity contribution in [2.24, 2.45) is 0 Å². The summed E-state index contributed by atoms with van der Waals surface area (Å²) in [5.41, 5.74) is 1.55. The van der Waals surface area contributed by atoms with Crippen molar-refractivity contribution < 1.29 is 19.2 Å². The molecule has 0 atom stereocenters. The van der Waals surface area contributed by atoms with Crippen LogP contribution in [-0.4, -0.2) is 37.6 Å². The molecule has 1 aliphatic heterocycles. The Morgan fingerprint density at radius 1 is 1.10 bits per heavy atom. The average Bonchev–Trinajstić information content (AvgIpc) is 3.02. The van der Waals surface area contributed by atoms with Crippen molar-refractivity contribution in [3.8, 4) is 11.5 Å². The number of hydrogen-bond acceptors (Lipinski definition) is 6. The van der Waals surface area contributed by atoms with Gasteiger partial charge in [-0.05, 0) is 49.2 Å². The third kappa shape index (κ3) is 5.60. The van der Waals surface area contributed by atoms with Crippen molar-refractivity contribution in [1.82, 2.24) is 0 Å². The van der Waals surface area contributed by atoms with E-state index in [-0.39, 0.29) is 18.0 Å². The maximum Gasteiger partial charge on any atom is 0.314 e. The van der Waals surface area contributed by atoms with Crippen LogP contribution in [0, 0.1) is 10.1 Å². The van der Waals surface area contributed by atoms with Gasteiger partial charge in [0, 0.05) is 24.5 Å². The van der Waals surface area contributed by atoms with Crippen molar-refractivity contribution in [3.05, 3.63) is 52.6 Å². The molecule has 0 bridgehead atoms. The molecule has 2 aromatic rings. The maximum atomic E-state index is 12.2. The van der Waals surface area contributed by atoms with Gasteiger partial charge in [-0.15, -0.1) is 0 Å². The normalized spacial score (nSPS) is 14.0. The molecular formula is C21H25N3O5. The number of amides is 1. The summed E-state index contributed by atoms with van der Waals surface area (Å²) in [7, 11) is 1.42. The van der Waals surface area contributed by atoms with Crippen LogP contribution in [-0.2, 0) is 4.79 Å². The zero-order valence-corrected chi connectivity index (χ0v) is 16.4. The van der Waals surface area contributed by atoms with Crippen LogP contribution in [0.2, 0.25) is 0 Å². The van der Waals surface area contributed by atoms with E-state index >= 15 is 0 Å². The largest absolute Gasteiger partial charge is 0.496 e. The highest BCUT2D eigenvalue weighted by atomic mass is 16.6. The summed E-state index contributed by atoms with van der Waals surface area (Å²) in [6.45, 7) is 1.78. The quantitative estimate of drug-likeness (QED) is 0.559. The highest BCUT2D eigenvalue weighted by Gasteiger charge is 2.18. The van der Waals surface area contributed by atoms with E-state index in [1.54, 1.807) is 6.07 Å². The highest BCUT2D eigenvalue weighted by molar-refractivity contribution is 5.92. The Bertz CT molecular complexity index is 846. The van der Waals surface area contributed by atoms with Gasteiger partial charge in [-0.1, -0.05) is 12.8 Å². The van der Waals surface area contributed by atoms with Crippen LogP contribution in [0.4, 0.5) is 17.1 Å². The van der Waals surface area contributed by atoms with Gasteiger partial charge >= 0.3 is 5.69 Å². The summed E-state index contributed by atoms with van der Waals surface area (Å²) >= 11 is 0. The predicted molar refractivity (Wildman–Crippen MR) is 111 cm³/mol. The molecule has 1 saturated heterocycles. The van der Waals surface area contributed by atoms with Crippen LogP contribution < -0.4 is 19.7 Å². The predicted octanol–water partition coefficient (Wildman–Crippen LogP) is 4.00. The first kappa shape index (κ1) is 20.4. The fraction of sp³-hybridized carbons (Fsp3) is 0.381. The molecule has 8 heteroatoms. The molecule has 3 rings (SSSR count). The van der Waals surface area contributed by atoms with Crippen LogP contribution in [0.1, 0.15) is 25.7 Å². The Kier molecular flexibility index (Phi) is 6.89. The molecule has 0 aromatic heterocycles.